The van der Waals surface area contributed by atoms with Gasteiger partial charge in [-0.15, -0.1) is 10.2 Å². The normalized spacial score (nSPS) is 16.7. The van der Waals surface area contributed by atoms with Crippen LogP contribution in [0.4, 0.5) is 5.13 Å². The van der Waals surface area contributed by atoms with Gasteiger partial charge in [-0.25, -0.2) is 0 Å². The molecule has 0 spiro atoms. The Morgan fingerprint density at radius 1 is 1.73 bits per heavy atom. The van der Waals surface area contributed by atoms with Gasteiger partial charge in [0.1, 0.15) is 11.3 Å². The molecule has 1 fully saturated rings. The topological polar surface area (TPSA) is 87.6 Å². The number of aromatic nitrogens is 2. The van der Waals surface area contributed by atoms with Crippen LogP contribution in [0.15, 0.2) is 10.7 Å². The Labute approximate surface area is 91.4 Å². The van der Waals surface area contributed by atoms with Crippen LogP contribution in [0, 0.1) is 0 Å². The molecule has 1 aliphatic rings. The summed E-state index contributed by atoms with van der Waals surface area (Å²) in [6, 6.07) is 0.560. The molecule has 1 aromatic heterocycles. The van der Waals surface area contributed by atoms with Crippen LogP contribution in [0.25, 0.3) is 0 Å². The molecule has 1 aliphatic carbocycles. The van der Waals surface area contributed by atoms with Crippen LogP contribution >= 0.6 is 11.3 Å². The van der Waals surface area contributed by atoms with Crippen LogP contribution in [0.2, 0.25) is 0 Å². The average Bonchev–Trinajstić information content (AvgIpc) is 2.94. The van der Waals surface area contributed by atoms with Gasteiger partial charge in [-0.3, -0.25) is 0 Å². The lowest BCUT2D eigenvalue weighted by Crippen LogP contribution is -2.30. The molecule has 0 amide bonds. The summed E-state index contributed by atoms with van der Waals surface area (Å²) in [5, 5.41) is 20.2. The van der Waals surface area contributed by atoms with E-state index in [-0.39, 0.29) is 5.84 Å². The van der Waals surface area contributed by atoms with Gasteiger partial charge < -0.3 is 15.8 Å². The summed E-state index contributed by atoms with van der Waals surface area (Å²) < 4.78 is 0. The zero-order chi connectivity index (χ0) is 10.7. The zero-order valence-electron chi connectivity index (χ0n) is 8.20. The molecule has 0 aliphatic heterocycles. The first-order valence-corrected chi connectivity index (χ1v) is 5.68. The maximum atomic E-state index is 8.45. The molecule has 1 saturated carbocycles. The first-order chi connectivity index (χ1) is 7.31. The number of nitrogens with two attached hydrogens (primary N) is 1. The summed E-state index contributed by atoms with van der Waals surface area (Å²) in [4.78, 5) is 2.18. The van der Waals surface area contributed by atoms with Crippen molar-refractivity contribution in [2.75, 3.05) is 11.4 Å². The number of hydrogen-bond acceptors (Lipinski definition) is 6. The molecule has 3 N–H and O–H groups in total. The van der Waals surface area contributed by atoms with Crippen molar-refractivity contribution in [2.45, 2.75) is 25.3 Å². The monoisotopic (exact) mass is 227 g/mol. The second-order valence-electron chi connectivity index (χ2n) is 3.49. The Morgan fingerprint density at radius 2 is 2.53 bits per heavy atom. The van der Waals surface area contributed by atoms with E-state index < -0.39 is 0 Å². The van der Waals surface area contributed by atoms with Crippen LogP contribution in [0.5, 0.6) is 0 Å². The van der Waals surface area contributed by atoms with E-state index in [1.54, 1.807) is 5.51 Å². The summed E-state index contributed by atoms with van der Waals surface area (Å²) >= 11 is 1.52. The minimum absolute atomic E-state index is 0.255. The van der Waals surface area contributed by atoms with Crippen molar-refractivity contribution >= 4 is 22.3 Å². The number of oxime groups is 1. The van der Waals surface area contributed by atoms with Crippen molar-refractivity contribution in [3.05, 3.63) is 5.51 Å². The third kappa shape index (κ3) is 2.56. The van der Waals surface area contributed by atoms with Gasteiger partial charge in [-0.2, -0.15) is 0 Å². The van der Waals surface area contributed by atoms with E-state index in [2.05, 4.69) is 20.3 Å². The van der Waals surface area contributed by atoms with Crippen LogP contribution in [0.3, 0.4) is 0 Å². The smallest absolute Gasteiger partial charge is 0.208 e. The van der Waals surface area contributed by atoms with E-state index >= 15 is 0 Å². The predicted molar refractivity (Wildman–Crippen MR) is 58.3 cm³/mol. The summed E-state index contributed by atoms with van der Waals surface area (Å²) in [7, 11) is 0. The van der Waals surface area contributed by atoms with Crippen LogP contribution < -0.4 is 10.6 Å². The fourth-order valence-electron chi connectivity index (χ4n) is 1.40. The molecule has 0 unspecified atom stereocenters. The molecule has 0 aromatic carbocycles. The summed E-state index contributed by atoms with van der Waals surface area (Å²) in [5.74, 6) is 0.255. The van der Waals surface area contributed by atoms with E-state index in [1.165, 1.54) is 24.2 Å². The Hall–Kier alpha value is -1.37. The maximum absolute atomic E-state index is 8.45. The van der Waals surface area contributed by atoms with Gasteiger partial charge in [0, 0.05) is 19.0 Å². The van der Waals surface area contributed by atoms with Crippen LogP contribution in [0.1, 0.15) is 19.3 Å². The molecule has 1 aromatic rings. The lowest BCUT2D eigenvalue weighted by atomic mass is 10.3. The quantitative estimate of drug-likeness (QED) is 0.333. The molecule has 0 saturated heterocycles. The molecule has 7 heteroatoms. The van der Waals surface area contributed by atoms with Crippen molar-refractivity contribution in [3.8, 4) is 0 Å². The largest absolute Gasteiger partial charge is 0.409 e. The van der Waals surface area contributed by atoms with E-state index in [1.807, 2.05) is 0 Å². The molecule has 1 heterocycles. The minimum Gasteiger partial charge on any atom is -0.409 e. The lowest BCUT2D eigenvalue weighted by molar-refractivity contribution is 0.317. The van der Waals surface area contributed by atoms with E-state index in [0.29, 0.717) is 12.5 Å². The van der Waals surface area contributed by atoms with Crippen molar-refractivity contribution in [2.24, 2.45) is 10.9 Å². The van der Waals surface area contributed by atoms with Crippen molar-refractivity contribution < 1.29 is 5.21 Å². The third-order valence-corrected chi connectivity index (χ3v) is 3.05. The van der Waals surface area contributed by atoms with Crippen LogP contribution in [-0.2, 0) is 0 Å². The molecular weight excluding hydrogens is 214 g/mol. The second-order valence-corrected chi connectivity index (χ2v) is 4.30. The second kappa shape index (κ2) is 4.43. The molecule has 0 bridgehead atoms. The van der Waals surface area contributed by atoms with E-state index in [9.17, 15) is 0 Å². The summed E-state index contributed by atoms with van der Waals surface area (Å²) in [5.41, 5.74) is 7.15. The Bertz CT molecular complexity index is 335. The number of hydrogen-bond donors (Lipinski definition) is 2. The van der Waals surface area contributed by atoms with Gasteiger partial charge in [0.05, 0.1) is 0 Å². The molecule has 6 nitrogen and oxygen atoms in total. The average molecular weight is 227 g/mol. The van der Waals surface area contributed by atoms with E-state index in [4.69, 9.17) is 10.9 Å². The van der Waals surface area contributed by atoms with Crippen molar-refractivity contribution in [1.29, 1.82) is 0 Å². The summed E-state index contributed by atoms with van der Waals surface area (Å²) in [6.07, 6.45) is 2.93. The SMILES string of the molecule is NC(CCN(c1nncs1)C1CC1)=NO. The first kappa shape index (κ1) is 10.2. The molecule has 2 rings (SSSR count). The maximum Gasteiger partial charge on any atom is 0.208 e. The van der Waals surface area contributed by atoms with Gasteiger partial charge in [0.25, 0.3) is 0 Å². The Kier molecular flexibility index (Phi) is 3.00. The van der Waals surface area contributed by atoms with Gasteiger partial charge in [-0.1, -0.05) is 16.5 Å². The number of rotatable bonds is 5. The Morgan fingerprint density at radius 3 is 3.07 bits per heavy atom. The predicted octanol–water partition coefficient (Wildman–Crippen LogP) is 0.643. The highest BCUT2D eigenvalue weighted by molar-refractivity contribution is 7.13. The summed E-state index contributed by atoms with van der Waals surface area (Å²) in [6.45, 7) is 0.732. The highest BCUT2D eigenvalue weighted by atomic mass is 32.1. The van der Waals surface area contributed by atoms with Crippen molar-refractivity contribution in [3.63, 3.8) is 0 Å². The standard InChI is InChI=1S/C8H13N5OS/c9-7(12-14)3-4-13(6-1-2-6)8-11-10-5-15-8/h5-6,14H,1-4H2,(H2,9,12). The lowest BCUT2D eigenvalue weighted by Gasteiger charge is -2.20. The third-order valence-electron chi connectivity index (χ3n) is 2.32. The molecule has 82 valence electrons. The zero-order valence-corrected chi connectivity index (χ0v) is 9.02. The van der Waals surface area contributed by atoms with Gasteiger partial charge in [-0.05, 0) is 12.8 Å². The van der Waals surface area contributed by atoms with Gasteiger partial charge in [0.15, 0.2) is 0 Å². The van der Waals surface area contributed by atoms with Gasteiger partial charge >= 0.3 is 0 Å². The molecule has 0 radical (unpaired) electrons. The van der Waals surface area contributed by atoms with E-state index in [0.717, 1.165) is 11.7 Å². The fourth-order valence-corrected chi connectivity index (χ4v) is 2.06. The molecule has 15 heavy (non-hydrogen) atoms. The number of amidine groups is 1. The molecule has 0 atom stereocenters. The van der Waals surface area contributed by atoms with Crippen molar-refractivity contribution in [1.82, 2.24) is 10.2 Å². The van der Waals surface area contributed by atoms with Gasteiger partial charge in [0.2, 0.25) is 5.13 Å². The first-order valence-electron chi connectivity index (χ1n) is 4.80. The highest BCUT2D eigenvalue weighted by Crippen LogP contribution is 2.32. The fraction of sp³-hybridized carbons (Fsp3) is 0.625. The number of anilines is 1. The highest BCUT2D eigenvalue weighted by Gasteiger charge is 2.30. The van der Waals surface area contributed by atoms with Crippen LogP contribution in [-0.4, -0.2) is 33.8 Å². The minimum atomic E-state index is 0.255. The molecular formula is C8H13N5OS. The number of nitrogens with zero attached hydrogens (tertiary/aromatic N) is 4. The Balaban J connectivity index is 1.95.